The van der Waals surface area contributed by atoms with Crippen molar-refractivity contribution in [3.63, 3.8) is 0 Å². The van der Waals surface area contributed by atoms with Crippen LogP contribution in [0.15, 0.2) is 18.5 Å². The lowest BCUT2D eigenvalue weighted by Crippen LogP contribution is -2.46. The lowest BCUT2D eigenvalue weighted by molar-refractivity contribution is 0.00181. The van der Waals surface area contributed by atoms with Gasteiger partial charge in [0.05, 0.1) is 11.6 Å². The summed E-state index contributed by atoms with van der Waals surface area (Å²) in [6, 6.07) is 2.54. The van der Waals surface area contributed by atoms with E-state index < -0.39 is 5.60 Å². The Bertz CT molecular complexity index is 344. The van der Waals surface area contributed by atoms with Crippen LogP contribution >= 0.6 is 0 Å². The fourth-order valence-electron chi connectivity index (χ4n) is 2.66. The van der Waals surface area contributed by atoms with Crippen molar-refractivity contribution in [1.82, 2.24) is 15.1 Å². The van der Waals surface area contributed by atoms with Gasteiger partial charge in [0.2, 0.25) is 0 Å². The predicted molar refractivity (Wildman–Crippen MR) is 72.4 cm³/mol. The number of aromatic nitrogens is 2. The van der Waals surface area contributed by atoms with Gasteiger partial charge in [-0.1, -0.05) is 19.3 Å². The van der Waals surface area contributed by atoms with Gasteiger partial charge in [-0.15, -0.1) is 0 Å². The second-order valence-electron chi connectivity index (χ2n) is 5.68. The highest BCUT2D eigenvalue weighted by Crippen LogP contribution is 2.27. The molecule has 0 amide bonds. The van der Waals surface area contributed by atoms with Crippen molar-refractivity contribution < 1.29 is 5.11 Å². The summed E-state index contributed by atoms with van der Waals surface area (Å²) in [5.41, 5.74) is -0.490. The molecular weight excluding hydrogens is 226 g/mol. The minimum absolute atomic E-state index is 0.298. The Balaban J connectivity index is 1.82. The summed E-state index contributed by atoms with van der Waals surface area (Å²) in [6.45, 7) is 4.99. The van der Waals surface area contributed by atoms with E-state index in [1.807, 2.05) is 16.9 Å². The number of nitrogens with one attached hydrogen (secondary N) is 1. The van der Waals surface area contributed by atoms with E-state index in [1.165, 1.54) is 6.42 Å². The third kappa shape index (κ3) is 3.33. The number of aliphatic hydroxyl groups is 1. The molecule has 1 heterocycles. The lowest BCUT2D eigenvalue weighted by Gasteiger charge is -2.34. The molecule has 2 rings (SSSR count). The molecular formula is C14H25N3O. The van der Waals surface area contributed by atoms with Gasteiger partial charge in [-0.25, -0.2) is 0 Å². The van der Waals surface area contributed by atoms with Crippen LogP contribution in [0, 0.1) is 0 Å². The molecule has 2 atom stereocenters. The van der Waals surface area contributed by atoms with Crippen molar-refractivity contribution in [3.05, 3.63) is 18.5 Å². The standard InChI is InChI=1S/C14H25N3O/c1-12(13(2)17-10-6-9-16-17)15-11-14(18)7-4-3-5-8-14/h6,9-10,12-13,15,18H,3-5,7-8,11H2,1-2H3/t12-,13+/m0/s1. The smallest absolute Gasteiger partial charge is 0.0771 e. The number of hydrogen-bond donors (Lipinski definition) is 2. The fourth-order valence-corrected chi connectivity index (χ4v) is 2.66. The molecule has 0 spiro atoms. The van der Waals surface area contributed by atoms with Gasteiger partial charge >= 0.3 is 0 Å². The predicted octanol–water partition coefficient (Wildman–Crippen LogP) is 2.12. The van der Waals surface area contributed by atoms with Crippen LogP contribution in [0.5, 0.6) is 0 Å². The zero-order valence-corrected chi connectivity index (χ0v) is 11.5. The van der Waals surface area contributed by atoms with E-state index in [-0.39, 0.29) is 0 Å². The zero-order chi connectivity index (χ0) is 13.0. The second-order valence-corrected chi connectivity index (χ2v) is 5.68. The van der Waals surface area contributed by atoms with Gasteiger partial charge < -0.3 is 10.4 Å². The van der Waals surface area contributed by atoms with E-state index >= 15 is 0 Å². The van der Waals surface area contributed by atoms with Gasteiger partial charge in [-0.05, 0) is 32.8 Å². The molecule has 4 nitrogen and oxygen atoms in total. The molecule has 2 N–H and O–H groups in total. The highest BCUT2D eigenvalue weighted by atomic mass is 16.3. The van der Waals surface area contributed by atoms with Crippen molar-refractivity contribution in [2.24, 2.45) is 0 Å². The summed E-state index contributed by atoms with van der Waals surface area (Å²) in [5, 5.41) is 18.2. The Kier molecular flexibility index (Phi) is 4.40. The molecule has 1 fully saturated rings. The van der Waals surface area contributed by atoms with Crippen LogP contribution in [0.25, 0.3) is 0 Å². The van der Waals surface area contributed by atoms with Gasteiger partial charge in [-0.2, -0.15) is 5.10 Å². The minimum atomic E-state index is -0.490. The lowest BCUT2D eigenvalue weighted by atomic mass is 9.84. The average molecular weight is 251 g/mol. The molecule has 1 aromatic rings. The van der Waals surface area contributed by atoms with Gasteiger partial charge in [0.15, 0.2) is 0 Å². The molecule has 18 heavy (non-hydrogen) atoms. The molecule has 1 aromatic heterocycles. The average Bonchev–Trinajstić information content (AvgIpc) is 2.90. The molecule has 0 saturated heterocycles. The summed E-state index contributed by atoms with van der Waals surface area (Å²) < 4.78 is 1.96. The van der Waals surface area contributed by atoms with E-state index in [0.29, 0.717) is 18.6 Å². The summed E-state index contributed by atoms with van der Waals surface area (Å²) >= 11 is 0. The van der Waals surface area contributed by atoms with Gasteiger partial charge in [0, 0.05) is 25.0 Å². The monoisotopic (exact) mass is 251 g/mol. The Morgan fingerprint density at radius 3 is 2.67 bits per heavy atom. The summed E-state index contributed by atoms with van der Waals surface area (Å²) in [4.78, 5) is 0. The first kappa shape index (κ1) is 13.6. The maximum Gasteiger partial charge on any atom is 0.0771 e. The van der Waals surface area contributed by atoms with Crippen LogP contribution in [0.2, 0.25) is 0 Å². The first-order valence-corrected chi connectivity index (χ1v) is 7.06. The van der Waals surface area contributed by atoms with Crippen molar-refractivity contribution >= 4 is 0 Å². The molecule has 0 radical (unpaired) electrons. The first-order chi connectivity index (χ1) is 8.61. The largest absolute Gasteiger partial charge is 0.389 e. The van der Waals surface area contributed by atoms with Crippen LogP contribution in [-0.2, 0) is 0 Å². The SMILES string of the molecule is C[C@H](NCC1(O)CCCCC1)[C@@H](C)n1cccn1. The van der Waals surface area contributed by atoms with Crippen LogP contribution in [0.3, 0.4) is 0 Å². The zero-order valence-electron chi connectivity index (χ0n) is 11.5. The Morgan fingerprint density at radius 1 is 1.33 bits per heavy atom. The van der Waals surface area contributed by atoms with E-state index in [4.69, 9.17) is 0 Å². The topological polar surface area (TPSA) is 50.1 Å². The molecule has 1 aliphatic rings. The molecule has 0 aromatic carbocycles. The minimum Gasteiger partial charge on any atom is -0.389 e. The molecule has 102 valence electrons. The van der Waals surface area contributed by atoms with Crippen molar-refractivity contribution in [2.45, 2.75) is 63.6 Å². The highest BCUT2D eigenvalue weighted by molar-refractivity contribution is 4.88. The molecule has 4 heteroatoms. The normalized spacial score (nSPS) is 22.6. The quantitative estimate of drug-likeness (QED) is 0.842. The third-order valence-corrected chi connectivity index (χ3v) is 4.20. The second kappa shape index (κ2) is 5.85. The van der Waals surface area contributed by atoms with Crippen molar-refractivity contribution in [3.8, 4) is 0 Å². The van der Waals surface area contributed by atoms with Crippen LogP contribution in [-0.4, -0.2) is 33.1 Å². The van der Waals surface area contributed by atoms with E-state index in [9.17, 15) is 5.11 Å². The fraction of sp³-hybridized carbons (Fsp3) is 0.786. The molecule has 0 unspecified atom stereocenters. The Hall–Kier alpha value is -0.870. The number of nitrogens with zero attached hydrogens (tertiary/aromatic N) is 2. The van der Waals surface area contributed by atoms with Gasteiger partial charge in [0.25, 0.3) is 0 Å². The van der Waals surface area contributed by atoms with E-state index in [0.717, 1.165) is 25.7 Å². The van der Waals surface area contributed by atoms with Gasteiger partial charge in [0.1, 0.15) is 0 Å². The third-order valence-electron chi connectivity index (χ3n) is 4.20. The Labute approximate surface area is 109 Å². The van der Waals surface area contributed by atoms with E-state index in [1.54, 1.807) is 6.20 Å². The van der Waals surface area contributed by atoms with Crippen molar-refractivity contribution in [1.29, 1.82) is 0 Å². The van der Waals surface area contributed by atoms with Crippen molar-refractivity contribution in [2.75, 3.05) is 6.54 Å². The van der Waals surface area contributed by atoms with E-state index in [2.05, 4.69) is 24.3 Å². The summed E-state index contributed by atoms with van der Waals surface area (Å²) in [5.74, 6) is 0. The molecule has 0 aliphatic heterocycles. The summed E-state index contributed by atoms with van der Waals surface area (Å²) in [6.07, 6.45) is 9.23. The highest BCUT2D eigenvalue weighted by Gasteiger charge is 2.29. The van der Waals surface area contributed by atoms with Gasteiger partial charge in [-0.3, -0.25) is 4.68 Å². The molecule has 1 aliphatic carbocycles. The number of hydrogen-bond acceptors (Lipinski definition) is 3. The maximum absolute atomic E-state index is 10.4. The maximum atomic E-state index is 10.4. The summed E-state index contributed by atoms with van der Waals surface area (Å²) in [7, 11) is 0. The number of rotatable bonds is 5. The van der Waals surface area contributed by atoms with Crippen LogP contribution < -0.4 is 5.32 Å². The first-order valence-electron chi connectivity index (χ1n) is 7.06. The van der Waals surface area contributed by atoms with Crippen LogP contribution in [0.1, 0.15) is 52.0 Å². The van der Waals surface area contributed by atoms with Crippen LogP contribution in [0.4, 0.5) is 0 Å². The Morgan fingerprint density at radius 2 is 2.06 bits per heavy atom. The molecule has 1 saturated carbocycles. The molecule has 0 bridgehead atoms.